The van der Waals surface area contributed by atoms with Gasteiger partial charge in [-0.15, -0.1) is 12.6 Å². The highest BCUT2D eigenvalue weighted by molar-refractivity contribution is 7.80. The third-order valence-corrected chi connectivity index (χ3v) is 3.82. The summed E-state index contributed by atoms with van der Waals surface area (Å²) in [6, 6.07) is 17.6. The van der Waals surface area contributed by atoms with E-state index in [9.17, 15) is 0 Å². The van der Waals surface area contributed by atoms with E-state index in [0.717, 1.165) is 21.9 Å². The second-order valence-electron chi connectivity index (χ2n) is 5.33. The zero-order valence-corrected chi connectivity index (χ0v) is 13.1. The van der Waals surface area contributed by atoms with E-state index in [-0.39, 0.29) is 0 Å². The smallest absolute Gasteiger partial charge is 0.0991 e. The van der Waals surface area contributed by atoms with Crippen LogP contribution in [0, 0.1) is 17.2 Å². The molecular weight excluding hydrogens is 276 g/mol. The third-order valence-electron chi connectivity index (χ3n) is 3.52. The molecule has 0 aromatic heterocycles. The third kappa shape index (κ3) is 4.93. The molecule has 21 heavy (non-hydrogen) atoms. The molecule has 0 aliphatic carbocycles. The Morgan fingerprint density at radius 1 is 1.05 bits per heavy atom. The summed E-state index contributed by atoms with van der Waals surface area (Å²) in [7, 11) is 0. The maximum absolute atomic E-state index is 8.68. The van der Waals surface area contributed by atoms with E-state index in [2.05, 4.69) is 30.9 Å². The largest absolute Gasteiger partial charge is 0.316 e. The Morgan fingerprint density at radius 3 is 2.00 bits per heavy atom. The number of hydrogen-bond donors (Lipinski definition) is 2. The molecule has 1 saturated heterocycles. The minimum atomic E-state index is 0.685. The minimum absolute atomic E-state index is 0.685. The van der Waals surface area contributed by atoms with Crippen LogP contribution < -0.4 is 5.32 Å². The van der Waals surface area contributed by atoms with Gasteiger partial charge in [-0.2, -0.15) is 5.26 Å². The lowest BCUT2D eigenvalue weighted by atomic mass is 10.0. The first-order valence-corrected chi connectivity index (χ1v) is 7.64. The molecule has 1 unspecified atom stereocenters. The van der Waals surface area contributed by atoms with Crippen LogP contribution in [-0.2, 0) is 0 Å². The van der Waals surface area contributed by atoms with Crippen LogP contribution in [0.2, 0.25) is 0 Å². The molecule has 0 bridgehead atoms. The molecule has 0 radical (unpaired) electrons. The van der Waals surface area contributed by atoms with Crippen LogP contribution in [0.15, 0.2) is 53.4 Å². The molecule has 1 heterocycles. The van der Waals surface area contributed by atoms with Crippen molar-refractivity contribution in [2.45, 2.75) is 18.2 Å². The van der Waals surface area contributed by atoms with Gasteiger partial charge in [0.15, 0.2) is 0 Å². The van der Waals surface area contributed by atoms with Crippen molar-refractivity contribution in [1.82, 2.24) is 5.32 Å². The highest BCUT2D eigenvalue weighted by atomic mass is 32.1. The van der Waals surface area contributed by atoms with Gasteiger partial charge in [-0.05, 0) is 60.8 Å². The number of nitriles is 1. The molecule has 3 rings (SSSR count). The van der Waals surface area contributed by atoms with E-state index in [4.69, 9.17) is 5.26 Å². The van der Waals surface area contributed by atoms with Crippen molar-refractivity contribution in [3.63, 3.8) is 0 Å². The fourth-order valence-electron chi connectivity index (χ4n) is 2.19. The standard InChI is InChI=1S/C13H9NS.C5H11N/c14-9-10-1-3-11(4-2-10)12-5-7-13(15)8-6-12;1-5-2-3-6-4-5/h1-8,15H;5-6H,2-4H2,1H3. The normalized spacial score (nSPS) is 16.7. The number of nitrogens with one attached hydrogen (secondary N) is 1. The molecule has 2 nitrogen and oxygen atoms in total. The second-order valence-corrected chi connectivity index (χ2v) is 5.85. The first-order valence-electron chi connectivity index (χ1n) is 7.19. The number of thiol groups is 1. The zero-order valence-electron chi connectivity index (χ0n) is 12.2. The quantitative estimate of drug-likeness (QED) is 0.776. The lowest BCUT2D eigenvalue weighted by Gasteiger charge is -2.01. The summed E-state index contributed by atoms with van der Waals surface area (Å²) in [5.74, 6) is 0.935. The average Bonchev–Trinajstić information content (AvgIpc) is 3.00. The molecular formula is C18H20N2S. The van der Waals surface area contributed by atoms with E-state index in [1.807, 2.05) is 48.5 Å². The summed E-state index contributed by atoms with van der Waals surface area (Å²) in [4.78, 5) is 0.951. The van der Waals surface area contributed by atoms with Crippen LogP contribution in [-0.4, -0.2) is 13.1 Å². The van der Waals surface area contributed by atoms with Crippen molar-refractivity contribution >= 4 is 12.6 Å². The Hall–Kier alpha value is -1.76. The van der Waals surface area contributed by atoms with Gasteiger partial charge in [0.1, 0.15) is 0 Å². The molecule has 1 N–H and O–H groups in total. The number of nitrogens with zero attached hydrogens (tertiary/aromatic N) is 1. The Kier molecular flexibility index (Phi) is 5.86. The van der Waals surface area contributed by atoms with Crippen molar-refractivity contribution in [2.24, 2.45) is 5.92 Å². The van der Waals surface area contributed by atoms with Crippen molar-refractivity contribution in [3.05, 3.63) is 54.1 Å². The van der Waals surface area contributed by atoms with Gasteiger partial charge in [-0.3, -0.25) is 0 Å². The molecule has 3 heteroatoms. The molecule has 1 atom stereocenters. The van der Waals surface area contributed by atoms with Crippen LogP contribution >= 0.6 is 12.6 Å². The van der Waals surface area contributed by atoms with Gasteiger partial charge in [-0.1, -0.05) is 31.2 Å². The monoisotopic (exact) mass is 296 g/mol. The lowest BCUT2D eigenvalue weighted by molar-refractivity contribution is 0.651. The lowest BCUT2D eigenvalue weighted by Crippen LogP contribution is -2.06. The van der Waals surface area contributed by atoms with E-state index >= 15 is 0 Å². The predicted octanol–water partition coefficient (Wildman–Crippen LogP) is 4.13. The topological polar surface area (TPSA) is 35.8 Å². The fraction of sp³-hybridized carbons (Fsp3) is 0.278. The van der Waals surface area contributed by atoms with Crippen LogP contribution in [0.5, 0.6) is 0 Å². The van der Waals surface area contributed by atoms with E-state index in [1.54, 1.807) is 0 Å². The van der Waals surface area contributed by atoms with Gasteiger partial charge in [-0.25, -0.2) is 0 Å². The second kappa shape index (κ2) is 7.87. The molecule has 0 amide bonds. The highest BCUT2D eigenvalue weighted by Gasteiger charge is 2.06. The summed E-state index contributed by atoms with van der Waals surface area (Å²) in [5, 5.41) is 11.9. The minimum Gasteiger partial charge on any atom is -0.316 e. The van der Waals surface area contributed by atoms with Gasteiger partial charge in [0.05, 0.1) is 11.6 Å². The maximum atomic E-state index is 8.68. The van der Waals surface area contributed by atoms with E-state index < -0.39 is 0 Å². The van der Waals surface area contributed by atoms with Crippen molar-refractivity contribution in [1.29, 1.82) is 5.26 Å². The van der Waals surface area contributed by atoms with Gasteiger partial charge < -0.3 is 5.32 Å². The average molecular weight is 296 g/mol. The van der Waals surface area contributed by atoms with Crippen LogP contribution in [0.1, 0.15) is 18.9 Å². The number of benzene rings is 2. The summed E-state index contributed by atoms with van der Waals surface area (Å²) in [6.45, 7) is 4.75. The van der Waals surface area contributed by atoms with Crippen LogP contribution in [0.4, 0.5) is 0 Å². The molecule has 1 aliphatic heterocycles. The van der Waals surface area contributed by atoms with Gasteiger partial charge in [0.25, 0.3) is 0 Å². The van der Waals surface area contributed by atoms with Crippen molar-refractivity contribution in [3.8, 4) is 17.2 Å². The van der Waals surface area contributed by atoms with Gasteiger partial charge in [0.2, 0.25) is 0 Å². The van der Waals surface area contributed by atoms with E-state index in [0.29, 0.717) is 5.56 Å². The molecule has 1 aliphatic rings. The molecule has 0 spiro atoms. The Bertz CT molecular complexity index is 591. The zero-order chi connectivity index (χ0) is 15.1. The van der Waals surface area contributed by atoms with Gasteiger partial charge >= 0.3 is 0 Å². The predicted molar refractivity (Wildman–Crippen MR) is 90.5 cm³/mol. The summed E-state index contributed by atoms with van der Waals surface area (Å²) >= 11 is 4.23. The Balaban J connectivity index is 0.000000225. The maximum Gasteiger partial charge on any atom is 0.0991 e. The van der Waals surface area contributed by atoms with Crippen LogP contribution in [0.25, 0.3) is 11.1 Å². The Labute approximate surface area is 132 Å². The van der Waals surface area contributed by atoms with E-state index in [1.165, 1.54) is 19.5 Å². The summed E-state index contributed by atoms with van der Waals surface area (Å²) in [5.41, 5.74) is 2.93. The number of rotatable bonds is 1. The Morgan fingerprint density at radius 2 is 1.62 bits per heavy atom. The number of hydrogen-bond acceptors (Lipinski definition) is 3. The summed E-state index contributed by atoms with van der Waals surface area (Å²) < 4.78 is 0. The van der Waals surface area contributed by atoms with Crippen molar-refractivity contribution < 1.29 is 0 Å². The highest BCUT2D eigenvalue weighted by Crippen LogP contribution is 2.21. The van der Waals surface area contributed by atoms with Crippen molar-refractivity contribution in [2.75, 3.05) is 13.1 Å². The first-order chi connectivity index (χ1) is 10.2. The fourth-order valence-corrected chi connectivity index (χ4v) is 2.34. The SMILES string of the molecule is CC1CCNC1.N#Cc1ccc(-c2ccc(S)cc2)cc1. The van der Waals surface area contributed by atoms with Gasteiger partial charge in [0, 0.05) is 4.90 Å². The summed E-state index contributed by atoms with van der Waals surface area (Å²) in [6.07, 6.45) is 1.38. The molecule has 1 fully saturated rings. The molecule has 108 valence electrons. The molecule has 2 aromatic carbocycles. The van der Waals surface area contributed by atoms with Crippen LogP contribution in [0.3, 0.4) is 0 Å². The molecule has 0 saturated carbocycles. The first kappa shape index (κ1) is 15.6. The molecule has 2 aromatic rings.